The third-order valence-corrected chi connectivity index (χ3v) is 9.80. The Balaban J connectivity index is 1.09. The Bertz CT molecular complexity index is 2810. The average molecular weight is 666 g/mol. The van der Waals surface area contributed by atoms with Crippen LogP contribution in [0.5, 0.6) is 0 Å². The van der Waals surface area contributed by atoms with E-state index >= 15 is 0 Å². The first-order chi connectivity index (χ1) is 25.8. The second-order valence-corrected chi connectivity index (χ2v) is 12.9. The first kappa shape index (κ1) is 29.8. The van der Waals surface area contributed by atoms with E-state index in [9.17, 15) is 0 Å². The van der Waals surface area contributed by atoms with E-state index in [-0.39, 0.29) is 0 Å². The van der Waals surface area contributed by atoms with E-state index < -0.39 is 0 Å². The van der Waals surface area contributed by atoms with Gasteiger partial charge < -0.3 is 9.13 Å². The summed E-state index contributed by atoms with van der Waals surface area (Å²) in [6.07, 6.45) is 2.18. The van der Waals surface area contributed by atoms with E-state index in [1.807, 2.05) is 60.7 Å². The maximum atomic E-state index is 4.96. The maximum absolute atomic E-state index is 4.96. The molecule has 0 aliphatic rings. The normalized spacial score (nSPS) is 11.5. The van der Waals surface area contributed by atoms with Crippen LogP contribution in [0.4, 0.5) is 0 Å². The molecule has 0 N–H and O–H groups in total. The van der Waals surface area contributed by atoms with Crippen molar-refractivity contribution in [1.82, 2.24) is 24.1 Å². The fourth-order valence-electron chi connectivity index (χ4n) is 7.32. The van der Waals surface area contributed by atoms with Crippen LogP contribution in [0.25, 0.3) is 89.4 Å². The Morgan fingerprint density at radius 3 is 1.62 bits per heavy atom. The van der Waals surface area contributed by atoms with Crippen LogP contribution in [-0.2, 0) is 0 Å². The lowest BCUT2D eigenvalue weighted by Gasteiger charge is -2.13. The molecule has 0 saturated carbocycles. The molecular formula is C47H31N5. The molecular weight excluding hydrogens is 635 g/mol. The third-order valence-electron chi connectivity index (χ3n) is 9.80. The topological polar surface area (TPSA) is 48.5 Å². The molecule has 5 heteroatoms. The monoisotopic (exact) mass is 665 g/mol. The number of aromatic nitrogens is 5. The predicted molar refractivity (Wildman–Crippen MR) is 213 cm³/mol. The summed E-state index contributed by atoms with van der Waals surface area (Å²) in [5.74, 6) is 1.94. The van der Waals surface area contributed by atoms with Crippen LogP contribution in [0.15, 0.2) is 188 Å². The summed E-state index contributed by atoms with van der Waals surface area (Å²) >= 11 is 0. The fourth-order valence-corrected chi connectivity index (χ4v) is 7.32. The largest absolute Gasteiger partial charge is 0.315 e. The van der Waals surface area contributed by atoms with Gasteiger partial charge in [0.1, 0.15) is 0 Å². The zero-order chi connectivity index (χ0) is 34.4. The summed E-state index contributed by atoms with van der Waals surface area (Å²) in [5.41, 5.74) is 10.9. The number of para-hydroxylation sites is 2. The third kappa shape index (κ3) is 5.07. The van der Waals surface area contributed by atoms with Crippen LogP contribution >= 0.6 is 0 Å². The molecule has 3 heterocycles. The second-order valence-electron chi connectivity index (χ2n) is 12.9. The summed E-state index contributed by atoms with van der Waals surface area (Å²) < 4.78 is 4.72. The van der Waals surface area contributed by atoms with Gasteiger partial charge in [-0.15, -0.1) is 0 Å². The summed E-state index contributed by atoms with van der Waals surface area (Å²) in [6.45, 7) is 0. The Morgan fingerprint density at radius 1 is 0.346 bits per heavy atom. The fraction of sp³-hybridized carbons (Fsp3) is 0. The molecule has 0 unspecified atom stereocenters. The van der Waals surface area contributed by atoms with E-state index in [2.05, 4.69) is 137 Å². The van der Waals surface area contributed by atoms with Crippen LogP contribution in [0.1, 0.15) is 0 Å². The lowest BCUT2D eigenvalue weighted by Crippen LogP contribution is -2.00. The second kappa shape index (κ2) is 12.3. The Hall–Kier alpha value is -7.11. The average Bonchev–Trinajstić information content (AvgIpc) is 3.81. The summed E-state index contributed by atoms with van der Waals surface area (Å²) in [5, 5.41) is 3.68. The number of hydrogen-bond acceptors (Lipinski definition) is 3. The molecule has 3 aromatic heterocycles. The van der Waals surface area contributed by atoms with Crippen LogP contribution in [0.2, 0.25) is 0 Å². The van der Waals surface area contributed by atoms with Crippen molar-refractivity contribution in [3.05, 3.63) is 188 Å². The minimum atomic E-state index is 0.641. The highest BCUT2D eigenvalue weighted by atomic mass is 15.0. The van der Waals surface area contributed by atoms with E-state index in [0.717, 1.165) is 39.2 Å². The Labute approximate surface area is 300 Å². The van der Waals surface area contributed by atoms with E-state index in [1.54, 1.807) is 0 Å². The van der Waals surface area contributed by atoms with Crippen molar-refractivity contribution in [3.63, 3.8) is 0 Å². The minimum absolute atomic E-state index is 0.641. The van der Waals surface area contributed by atoms with Crippen molar-refractivity contribution >= 4 is 32.7 Å². The molecule has 0 atom stereocenters. The highest BCUT2D eigenvalue weighted by Crippen LogP contribution is 2.38. The summed E-state index contributed by atoms with van der Waals surface area (Å²) in [7, 11) is 0. The van der Waals surface area contributed by atoms with Gasteiger partial charge in [-0.1, -0.05) is 140 Å². The summed E-state index contributed by atoms with van der Waals surface area (Å²) in [4.78, 5) is 14.8. The van der Waals surface area contributed by atoms with Gasteiger partial charge in [-0.05, 0) is 53.6 Å². The number of fused-ring (bicyclic) bond motifs is 5. The molecule has 0 saturated heterocycles. The van der Waals surface area contributed by atoms with Crippen molar-refractivity contribution < 1.29 is 0 Å². The molecule has 52 heavy (non-hydrogen) atoms. The number of benzene rings is 7. The molecule has 0 aliphatic heterocycles. The van der Waals surface area contributed by atoms with Crippen LogP contribution < -0.4 is 0 Å². The van der Waals surface area contributed by atoms with Crippen LogP contribution in [0.3, 0.4) is 0 Å². The van der Waals surface area contributed by atoms with E-state index in [4.69, 9.17) is 15.0 Å². The van der Waals surface area contributed by atoms with Gasteiger partial charge in [0.2, 0.25) is 0 Å². The maximum Gasteiger partial charge on any atom is 0.164 e. The van der Waals surface area contributed by atoms with Gasteiger partial charge in [-0.3, -0.25) is 0 Å². The van der Waals surface area contributed by atoms with Gasteiger partial charge in [0.25, 0.3) is 0 Å². The molecule has 10 aromatic rings. The van der Waals surface area contributed by atoms with Crippen LogP contribution in [-0.4, -0.2) is 24.1 Å². The van der Waals surface area contributed by atoms with E-state index in [0.29, 0.717) is 17.5 Å². The van der Waals surface area contributed by atoms with Gasteiger partial charge in [0.05, 0.1) is 16.6 Å². The zero-order valence-electron chi connectivity index (χ0n) is 28.1. The van der Waals surface area contributed by atoms with Crippen molar-refractivity contribution in [3.8, 4) is 56.7 Å². The van der Waals surface area contributed by atoms with Gasteiger partial charge in [-0.2, -0.15) is 0 Å². The van der Waals surface area contributed by atoms with Crippen molar-refractivity contribution in [2.75, 3.05) is 0 Å². The van der Waals surface area contributed by atoms with Crippen molar-refractivity contribution in [1.29, 1.82) is 0 Å². The van der Waals surface area contributed by atoms with Gasteiger partial charge >= 0.3 is 0 Å². The molecule has 0 spiro atoms. The number of hydrogen-bond donors (Lipinski definition) is 0. The van der Waals surface area contributed by atoms with Crippen molar-refractivity contribution in [2.24, 2.45) is 0 Å². The molecule has 10 rings (SSSR count). The summed E-state index contributed by atoms with van der Waals surface area (Å²) in [6, 6.07) is 63.5. The smallest absolute Gasteiger partial charge is 0.164 e. The highest BCUT2D eigenvalue weighted by molar-refractivity contribution is 6.18. The zero-order valence-corrected chi connectivity index (χ0v) is 28.1. The molecule has 244 valence electrons. The molecule has 5 nitrogen and oxygen atoms in total. The quantitative estimate of drug-likeness (QED) is 0.178. The first-order valence-corrected chi connectivity index (χ1v) is 17.5. The SMILES string of the molecule is c1ccc(-c2nc(-c3ccccc3)nc(-c3cccc(-c4ccc(-n5c6ccccc6c6ccc7ccn(-c8ccccc8)c7c65)cc4)c3)n2)cc1. The molecule has 0 amide bonds. The van der Waals surface area contributed by atoms with Crippen molar-refractivity contribution in [2.45, 2.75) is 0 Å². The van der Waals surface area contributed by atoms with Gasteiger partial charge in [-0.25, -0.2) is 15.0 Å². The Morgan fingerprint density at radius 2 is 0.923 bits per heavy atom. The predicted octanol–water partition coefficient (Wildman–Crippen LogP) is 11.6. The number of nitrogens with zero attached hydrogens (tertiary/aromatic N) is 5. The molecule has 0 aliphatic carbocycles. The molecule has 0 fully saturated rings. The lowest BCUT2D eigenvalue weighted by molar-refractivity contribution is 1.07. The van der Waals surface area contributed by atoms with Crippen LogP contribution in [0, 0.1) is 0 Å². The number of rotatable bonds is 6. The van der Waals surface area contributed by atoms with Gasteiger partial charge in [0.15, 0.2) is 17.5 Å². The Kier molecular flexibility index (Phi) is 7.07. The lowest BCUT2D eigenvalue weighted by atomic mass is 10.0. The van der Waals surface area contributed by atoms with E-state index in [1.165, 1.54) is 32.7 Å². The highest BCUT2D eigenvalue weighted by Gasteiger charge is 2.18. The molecule has 7 aromatic carbocycles. The first-order valence-electron chi connectivity index (χ1n) is 17.5. The molecule has 0 radical (unpaired) electrons. The van der Waals surface area contributed by atoms with Gasteiger partial charge in [0, 0.05) is 50.4 Å². The molecule has 0 bridgehead atoms. The standard InChI is InChI=1S/C47H31N5/c1-4-13-34(14-5-1)45-48-46(35-15-6-2-7-16-35)50-47(49-45)37-18-12-17-36(31-37)32-23-26-39(27-24-32)52-42-22-11-10-21-40(42)41-28-25-33-29-30-51(43(33)44(41)52)38-19-8-3-9-20-38/h1-31H. The minimum Gasteiger partial charge on any atom is -0.315 e.